The maximum absolute atomic E-state index is 11.0. The number of hydrogen-bond donors (Lipinski definition) is 2. The normalized spacial score (nSPS) is 19.6. The van der Waals surface area contributed by atoms with Gasteiger partial charge in [-0.05, 0) is 11.8 Å². The van der Waals surface area contributed by atoms with E-state index in [2.05, 4.69) is 0 Å². The Kier molecular flexibility index (Phi) is 4.77. The molecule has 1 fully saturated rings. The van der Waals surface area contributed by atoms with Crippen LogP contribution in [0.5, 0.6) is 0 Å². The third-order valence-corrected chi connectivity index (χ3v) is 3.69. The van der Waals surface area contributed by atoms with E-state index in [1.54, 1.807) is 0 Å². The molecule has 1 unspecified atom stereocenters. The van der Waals surface area contributed by atoms with Crippen LogP contribution >= 0.6 is 0 Å². The average molecular weight is 228 g/mol. The molecule has 4 heteroatoms. The van der Waals surface area contributed by atoms with Crippen LogP contribution in [-0.2, 0) is 9.59 Å². The van der Waals surface area contributed by atoms with E-state index < -0.39 is 17.9 Å². The first-order valence-corrected chi connectivity index (χ1v) is 6.03. The zero-order chi connectivity index (χ0) is 12.1. The van der Waals surface area contributed by atoms with Gasteiger partial charge in [0.05, 0.1) is 0 Å². The molecular formula is C12H20O4. The summed E-state index contributed by atoms with van der Waals surface area (Å²) in [6.45, 7) is 1.89. The SMILES string of the molecule is CCC(C1CCCCC1)C(C(=O)O)C(=O)O. The highest BCUT2D eigenvalue weighted by Gasteiger charge is 2.38. The van der Waals surface area contributed by atoms with E-state index in [0.29, 0.717) is 6.42 Å². The molecule has 0 amide bonds. The highest BCUT2D eigenvalue weighted by atomic mass is 16.4. The standard InChI is InChI=1S/C12H20O4/c1-2-9(8-6-4-3-5-7-8)10(11(13)14)12(15)16/h8-10H,2-7H2,1H3,(H,13,14)(H,15,16). The summed E-state index contributed by atoms with van der Waals surface area (Å²) in [5.41, 5.74) is 0. The zero-order valence-corrected chi connectivity index (χ0v) is 9.69. The van der Waals surface area contributed by atoms with Crippen molar-refractivity contribution in [2.75, 3.05) is 0 Å². The van der Waals surface area contributed by atoms with Crippen molar-refractivity contribution in [1.29, 1.82) is 0 Å². The van der Waals surface area contributed by atoms with Crippen molar-refractivity contribution in [2.24, 2.45) is 17.8 Å². The van der Waals surface area contributed by atoms with Crippen LogP contribution in [0.25, 0.3) is 0 Å². The lowest BCUT2D eigenvalue weighted by atomic mass is 9.73. The molecule has 0 aromatic heterocycles. The summed E-state index contributed by atoms with van der Waals surface area (Å²) in [6.07, 6.45) is 6.00. The van der Waals surface area contributed by atoms with E-state index >= 15 is 0 Å². The molecule has 0 heterocycles. The predicted molar refractivity (Wildman–Crippen MR) is 59.1 cm³/mol. The largest absolute Gasteiger partial charge is 0.481 e. The molecule has 0 spiro atoms. The van der Waals surface area contributed by atoms with Crippen LogP contribution in [0.2, 0.25) is 0 Å². The van der Waals surface area contributed by atoms with Gasteiger partial charge in [-0.1, -0.05) is 45.4 Å². The average Bonchev–Trinajstić information content (AvgIpc) is 2.25. The van der Waals surface area contributed by atoms with Gasteiger partial charge in [-0.25, -0.2) is 0 Å². The maximum atomic E-state index is 11.0. The van der Waals surface area contributed by atoms with Crippen LogP contribution in [0.15, 0.2) is 0 Å². The minimum absolute atomic E-state index is 0.213. The quantitative estimate of drug-likeness (QED) is 0.708. The Morgan fingerprint density at radius 2 is 1.62 bits per heavy atom. The van der Waals surface area contributed by atoms with Gasteiger partial charge in [0.1, 0.15) is 0 Å². The van der Waals surface area contributed by atoms with Crippen molar-refractivity contribution in [2.45, 2.75) is 45.4 Å². The van der Waals surface area contributed by atoms with Crippen LogP contribution in [0, 0.1) is 17.8 Å². The summed E-state index contributed by atoms with van der Waals surface area (Å²) in [5.74, 6) is -3.55. The van der Waals surface area contributed by atoms with Crippen LogP contribution in [0.3, 0.4) is 0 Å². The monoisotopic (exact) mass is 228 g/mol. The fourth-order valence-electron chi connectivity index (χ4n) is 2.88. The molecule has 1 rings (SSSR count). The molecule has 1 aliphatic carbocycles. The van der Waals surface area contributed by atoms with Crippen LogP contribution in [0.4, 0.5) is 0 Å². The van der Waals surface area contributed by atoms with E-state index in [9.17, 15) is 9.59 Å². The van der Waals surface area contributed by atoms with Gasteiger partial charge in [-0.2, -0.15) is 0 Å². The zero-order valence-electron chi connectivity index (χ0n) is 9.69. The first-order valence-electron chi connectivity index (χ1n) is 6.03. The van der Waals surface area contributed by atoms with Crippen molar-refractivity contribution < 1.29 is 19.8 Å². The molecule has 0 saturated heterocycles. The molecule has 1 saturated carbocycles. The predicted octanol–water partition coefficient (Wildman–Crippen LogP) is 2.38. The lowest BCUT2D eigenvalue weighted by Crippen LogP contribution is -2.36. The lowest BCUT2D eigenvalue weighted by molar-refractivity contribution is -0.158. The molecule has 1 atom stereocenters. The highest BCUT2D eigenvalue weighted by Crippen LogP contribution is 2.36. The molecule has 4 nitrogen and oxygen atoms in total. The van der Waals surface area contributed by atoms with Crippen molar-refractivity contribution in [3.63, 3.8) is 0 Å². The van der Waals surface area contributed by atoms with Crippen molar-refractivity contribution in [3.05, 3.63) is 0 Å². The number of rotatable bonds is 5. The Bertz CT molecular complexity index is 242. The molecule has 16 heavy (non-hydrogen) atoms. The number of aliphatic carboxylic acids is 2. The maximum Gasteiger partial charge on any atom is 0.318 e. The molecule has 0 aliphatic heterocycles. The first-order chi connectivity index (χ1) is 7.57. The third-order valence-electron chi connectivity index (χ3n) is 3.69. The van der Waals surface area contributed by atoms with Crippen molar-refractivity contribution in [3.8, 4) is 0 Å². The van der Waals surface area contributed by atoms with Gasteiger partial charge in [0.15, 0.2) is 5.92 Å². The van der Waals surface area contributed by atoms with Gasteiger partial charge in [0.2, 0.25) is 0 Å². The van der Waals surface area contributed by atoms with Crippen LogP contribution < -0.4 is 0 Å². The second-order valence-electron chi connectivity index (χ2n) is 4.62. The molecule has 2 N–H and O–H groups in total. The summed E-state index contributed by atoms with van der Waals surface area (Å²) < 4.78 is 0. The van der Waals surface area contributed by atoms with Crippen molar-refractivity contribution >= 4 is 11.9 Å². The number of carbonyl (C=O) groups is 2. The Hall–Kier alpha value is -1.06. The van der Waals surface area contributed by atoms with Gasteiger partial charge in [0, 0.05) is 0 Å². The van der Waals surface area contributed by atoms with E-state index in [4.69, 9.17) is 10.2 Å². The molecular weight excluding hydrogens is 208 g/mol. The second kappa shape index (κ2) is 5.87. The molecule has 0 bridgehead atoms. The third kappa shape index (κ3) is 2.97. The Morgan fingerprint density at radius 3 is 2.00 bits per heavy atom. The highest BCUT2D eigenvalue weighted by molar-refractivity contribution is 5.93. The van der Waals surface area contributed by atoms with Gasteiger partial charge in [-0.3, -0.25) is 9.59 Å². The van der Waals surface area contributed by atoms with Gasteiger partial charge >= 0.3 is 11.9 Å². The minimum atomic E-state index is -1.23. The number of carboxylic acid groups (broad SMARTS) is 2. The molecule has 1 aliphatic rings. The lowest BCUT2D eigenvalue weighted by Gasteiger charge is -2.31. The topological polar surface area (TPSA) is 74.6 Å². The smallest absolute Gasteiger partial charge is 0.318 e. The Balaban J connectivity index is 2.76. The Labute approximate surface area is 95.7 Å². The van der Waals surface area contributed by atoms with E-state index in [1.165, 1.54) is 6.42 Å². The van der Waals surface area contributed by atoms with Crippen LogP contribution in [0.1, 0.15) is 45.4 Å². The summed E-state index contributed by atoms with van der Waals surface area (Å²) in [5, 5.41) is 18.0. The molecule has 0 aromatic rings. The van der Waals surface area contributed by atoms with Crippen LogP contribution in [-0.4, -0.2) is 22.2 Å². The van der Waals surface area contributed by atoms with Gasteiger partial charge in [0.25, 0.3) is 0 Å². The van der Waals surface area contributed by atoms with E-state index in [-0.39, 0.29) is 11.8 Å². The molecule has 0 radical (unpaired) electrons. The fraction of sp³-hybridized carbons (Fsp3) is 0.833. The Morgan fingerprint density at radius 1 is 1.12 bits per heavy atom. The fourth-order valence-corrected chi connectivity index (χ4v) is 2.88. The van der Waals surface area contributed by atoms with Gasteiger partial charge in [-0.15, -0.1) is 0 Å². The molecule has 0 aromatic carbocycles. The number of hydrogen-bond acceptors (Lipinski definition) is 2. The van der Waals surface area contributed by atoms with E-state index in [1.807, 2.05) is 6.92 Å². The summed E-state index contributed by atoms with van der Waals surface area (Å²) in [7, 11) is 0. The summed E-state index contributed by atoms with van der Waals surface area (Å²) in [4.78, 5) is 22.0. The second-order valence-corrected chi connectivity index (χ2v) is 4.62. The summed E-state index contributed by atoms with van der Waals surface area (Å²) in [6, 6.07) is 0. The summed E-state index contributed by atoms with van der Waals surface area (Å²) >= 11 is 0. The number of carboxylic acids is 2. The van der Waals surface area contributed by atoms with Crippen molar-refractivity contribution in [1.82, 2.24) is 0 Å². The first kappa shape index (κ1) is 13.0. The molecule has 92 valence electrons. The minimum Gasteiger partial charge on any atom is -0.481 e. The van der Waals surface area contributed by atoms with E-state index in [0.717, 1.165) is 25.7 Å². The van der Waals surface area contributed by atoms with Gasteiger partial charge < -0.3 is 10.2 Å².